The van der Waals surface area contributed by atoms with E-state index >= 15 is 0 Å². The zero-order chi connectivity index (χ0) is 17.1. The summed E-state index contributed by atoms with van der Waals surface area (Å²) in [4.78, 5) is 26.9. The third-order valence-electron chi connectivity index (χ3n) is 5.13. The molecular weight excluding hydrogens is 342 g/mol. The van der Waals surface area contributed by atoms with E-state index in [1.54, 1.807) is 17.9 Å². The number of nitrogens with one attached hydrogen (secondary N) is 2. The molecule has 3 rings (SSSR count). The Balaban J connectivity index is 0.00000225. The average Bonchev–Trinajstić information content (AvgIpc) is 3.15. The SMILES string of the molecule is CNC(C(=O)NC1CC(=O)N(C2CCCCC2)C1)c1cnn(C)c1.Cl. The molecule has 0 aromatic carbocycles. The Hall–Kier alpha value is -1.60. The molecule has 2 atom stereocenters. The molecule has 1 aliphatic carbocycles. The van der Waals surface area contributed by atoms with Crippen molar-refractivity contribution in [3.63, 3.8) is 0 Å². The average molecular weight is 370 g/mol. The maximum absolute atomic E-state index is 12.6. The second-order valence-corrected chi connectivity index (χ2v) is 6.92. The van der Waals surface area contributed by atoms with Gasteiger partial charge in [0, 0.05) is 37.8 Å². The maximum Gasteiger partial charge on any atom is 0.242 e. The van der Waals surface area contributed by atoms with Crippen LogP contribution in [-0.2, 0) is 16.6 Å². The smallest absolute Gasteiger partial charge is 0.242 e. The Morgan fingerprint density at radius 3 is 2.64 bits per heavy atom. The third-order valence-corrected chi connectivity index (χ3v) is 5.13. The Morgan fingerprint density at radius 2 is 2.04 bits per heavy atom. The second kappa shape index (κ2) is 8.67. The highest BCUT2D eigenvalue weighted by molar-refractivity contribution is 5.86. The molecule has 1 saturated heterocycles. The lowest BCUT2D eigenvalue weighted by molar-refractivity contribution is -0.130. The summed E-state index contributed by atoms with van der Waals surface area (Å²) >= 11 is 0. The fourth-order valence-corrected chi connectivity index (χ4v) is 3.90. The number of hydrogen-bond donors (Lipinski definition) is 2. The van der Waals surface area contributed by atoms with Crippen LogP contribution in [0.2, 0.25) is 0 Å². The molecule has 0 radical (unpaired) electrons. The number of hydrogen-bond acceptors (Lipinski definition) is 4. The van der Waals surface area contributed by atoms with Gasteiger partial charge in [0.1, 0.15) is 6.04 Å². The number of carbonyl (C=O) groups excluding carboxylic acids is 2. The van der Waals surface area contributed by atoms with Gasteiger partial charge in [0.25, 0.3) is 0 Å². The molecule has 0 bridgehead atoms. The zero-order valence-electron chi connectivity index (χ0n) is 14.9. The molecule has 1 aromatic rings. The van der Waals surface area contributed by atoms with Crippen LogP contribution in [0.1, 0.15) is 50.1 Å². The number of likely N-dealkylation sites (N-methyl/N-ethyl adjacent to an activating group) is 1. The van der Waals surface area contributed by atoms with Crippen LogP contribution in [0.25, 0.3) is 0 Å². The Bertz CT molecular complexity index is 600. The van der Waals surface area contributed by atoms with Crippen LogP contribution < -0.4 is 10.6 Å². The van der Waals surface area contributed by atoms with Gasteiger partial charge in [-0.2, -0.15) is 5.10 Å². The van der Waals surface area contributed by atoms with E-state index in [2.05, 4.69) is 15.7 Å². The highest BCUT2D eigenvalue weighted by atomic mass is 35.5. The molecule has 1 aromatic heterocycles. The van der Waals surface area contributed by atoms with E-state index in [9.17, 15) is 9.59 Å². The molecule has 0 spiro atoms. The predicted octanol–water partition coefficient (Wildman–Crippen LogP) is 1.15. The first kappa shape index (κ1) is 19.7. The lowest BCUT2D eigenvalue weighted by Gasteiger charge is -2.31. The van der Waals surface area contributed by atoms with Crippen molar-refractivity contribution in [1.82, 2.24) is 25.3 Å². The molecule has 8 heteroatoms. The molecule has 2 unspecified atom stereocenters. The summed E-state index contributed by atoms with van der Waals surface area (Å²) in [6, 6.07) is -0.177. The minimum atomic E-state index is -0.447. The highest BCUT2D eigenvalue weighted by Crippen LogP contribution is 2.26. The first-order valence-electron chi connectivity index (χ1n) is 8.84. The van der Waals surface area contributed by atoms with Gasteiger partial charge in [0.15, 0.2) is 0 Å². The summed E-state index contributed by atoms with van der Waals surface area (Å²) in [5.41, 5.74) is 0.825. The first-order chi connectivity index (χ1) is 11.6. The van der Waals surface area contributed by atoms with E-state index in [1.165, 1.54) is 19.3 Å². The van der Waals surface area contributed by atoms with Crippen LogP contribution in [0.3, 0.4) is 0 Å². The summed E-state index contributed by atoms with van der Waals surface area (Å²) in [5, 5.41) is 10.2. The summed E-state index contributed by atoms with van der Waals surface area (Å²) in [6.07, 6.45) is 9.80. The van der Waals surface area contributed by atoms with Crippen molar-refractivity contribution in [2.45, 2.75) is 56.7 Å². The number of nitrogens with zero attached hydrogens (tertiary/aromatic N) is 3. The molecule has 1 saturated carbocycles. The maximum atomic E-state index is 12.6. The molecule has 2 N–H and O–H groups in total. The lowest BCUT2D eigenvalue weighted by Crippen LogP contribution is -2.44. The molecule has 2 fully saturated rings. The van der Waals surface area contributed by atoms with Crippen molar-refractivity contribution in [2.24, 2.45) is 7.05 Å². The first-order valence-corrected chi connectivity index (χ1v) is 8.84. The highest BCUT2D eigenvalue weighted by Gasteiger charge is 2.36. The van der Waals surface area contributed by atoms with Gasteiger partial charge in [-0.1, -0.05) is 19.3 Å². The van der Waals surface area contributed by atoms with Gasteiger partial charge in [-0.25, -0.2) is 0 Å². The largest absolute Gasteiger partial charge is 0.349 e. The summed E-state index contributed by atoms with van der Waals surface area (Å²) in [7, 11) is 3.58. The van der Waals surface area contributed by atoms with E-state index in [0.717, 1.165) is 18.4 Å². The van der Waals surface area contributed by atoms with E-state index in [-0.39, 0.29) is 30.3 Å². The Labute approximate surface area is 154 Å². The van der Waals surface area contributed by atoms with Crippen LogP contribution in [0.4, 0.5) is 0 Å². The lowest BCUT2D eigenvalue weighted by atomic mass is 9.94. The van der Waals surface area contributed by atoms with Crippen LogP contribution in [0.5, 0.6) is 0 Å². The van der Waals surface area contributed by atoms with E-state index in [1.807, 2.05) is 18.1 Å². The Morgan fingerprint density at radius 1 is 1.32 bits per heavy atom. The van der Waals surface area contributed by atoms with Crippen LogP contribution in [0, 0.1) is 0 Å². The third kappa shape index (κ3) is 4.52. The topological polar surface area (TPSA) is 79.3 Å². The fraction of sp³-hybridized carbons (Fsp3) is 0.706. The van der Waals surface area contributed by atoms with Crippen molar-refractivity contribution in [2.75, 3.05) is 13.6 Å². The van der Waals surface area contributed by atoms with Crippen molar-refractivity contribution in [1.29, 1.82) is 0 Å². The van der Waals surface area contributed by atoms with Gasteiger partial charge in [0.05, 0.1) is 12.2 Å². The van der Waals surface area contributed by atoms with Crippen molar-refractivity contribution >= 4 is 24.2 Å². The predicted molar refractivity (Wildman–Crippen MR) is 97.4 cm³/mol. The summed E-state index contributed by atoms with van der Waals surface area (Å²) < 4.78 is 1.68. The molecule has 7 nitrogen and oxygen atoms in total. The molecule has 25 heavy (non-hydrogen) atoms. The van der Waals surface area contributed by atoms with Crippen LogP contribution in [-0.4, -0.2) is 52.2 Å². The summed E-state index contributed by atoms with van der Waals surface area (Å²) in [5.74, 6) is 0.0726. The normalized spacial score (nSPS) is 22.6. The standard InChI is InChI=1S/C17H27N5O2.ClH/c1-18-16(12-9-19-21(2)10-12)17(24)20-13-8-15(23)22(11-13)14-6-4-3-5-7-14;/h9-10,13-14,16,18H,3-8,11H2,1-2H3,(H,20,24);1H. The number of likely N-dealkylation sites (tertiary alicyclic amines) is 1. The number of amides is 2. The second-order valence-electron chi connectivity index (χ2n) is 6.92. The fourth-order valence-electron chi connectivity index (χ4n) is 3.90. The van der Waals surface area contributed by atoms with E-state index in [4.69, 9.17) is 0 Å². The monoisotopic (exact) mass is 369 g/mol. The minimum absolute atomic E-state index is 0. The zero-order valence-corrected chi connectivity index (χ0v) is 15.7. The number of rotatable bonds is 5. The number of halogens is 1. The van der Waals surface area contributed by atoms with Gasteiger partial charge in [-0.3, -0.25) is 14.3 Å². The molecule has 2 heterocycles. The van der Waals surface area contributed by atoms with Crippen LogP contribution >= 0.6 is 12.4 Å². The quantitative estimate of drug-likeness (QED) is 0.816. The minimum Gasteiger partial charge on any atom is -0.349 e. The van der Waals surface area contributed by atoms with Crippen LogP contribution in [0.15, 0.2) is 12.4 Å². The molecule has 2 amide bonds. The molecule has 1 aliphatic heterocycles. The molecule has 140 valence electrons. The molecule has 2 aliphatic rings. The van der Waals surface area contributed by atoms with Crippen molar-refractivity contribution < 1.29 is 9.59 Å². The summed E-state index contributed by atoms with van der Waals surface area (Å²) in [6.45, 7) is 0.638. The van der Waals surface area contributed by atoms with E-state index in [0.29, 0.717) is 19.0 Å². The number of aryl methyl sites for hydroxylation is 1. The van der Waals surface area contributed by atoms with Crippen molar-refractivity contribution in [3.8, 4) is 0 Å². The van der Waals surface area contributed by atoms with Gasteiger partial charge in [0.2, 0.25) is 11.8 Å². The van der Waals surface area contributed by atoms with Gasteiger partial charge in [-0.15, -0.1) is 12.4 Å². The van der Waals surface area contributed by atoms with Gasteiger partial charge in [-0.05, 0) is 19.9 Å². The van der Waals surface area contributed by atoms with Crippen molar-refractivity contribution in [3.05, 3.63) is 18.0 Å². The molecular formula is C17H28ClN5O2. The van der Waals surface area contributed by atoms with Gasteiger partial charge >= 0.3 is 0 Å². The number of aromatic nitrogens is 2. The van der Waals surface area contributed by atoms with Gasteiger partial charge < -0.3 is 15.5 Å². The van der Waals surface area contributed by atoms with E-state index < -0.39 is 6.04 Å². The number of carbonyl (C=O) groups is 2. The Kier molecular flexibility index (Phi) is 6.84.